The van der Waals surface area contributed by atoms with Crippen molar-refractivity contribution in [2.75, 3.05) is 0 Å². The number of rotatable bonds is 1. The van der Waals surface area contributed by atoms with Gasteiger partial charge in [0.2, 0.25) is 0 Å². The van der Waals surface area contributed by atoms with Crippen LogP contribution in [0.2, 0.25) is 0 Å². The number of hydrogen-bond donors (Lipinski definition) is 2. The lowest BCUT2D eigenvalue weighted by molar-refractivity contribution is 1.10. The highest BCUT2D eigenvalue weighted by molar-refractivity contribution is 7.80. The molecule has 2 heteroatoms. The lowest BCUT2D eigenvalue weighted by Crippen LogP contribution is -1.93. The summed E-state index contributed by atoms with van der Waals surface area (Å²) < 4.78 is 0. The van der Waals surface area contributed by atoms with Crippen molar-refractivity contribution in [2.24, 2.45) is 0 Å². The summed E-state index contributed by atoms with van der Waals surface area (Å²) >= 11 is 8.97. The van der Waals surface area contributed by atoms with Crippen LogP contribution in [0, 0.1) is 13.8 Å². The van der Waals surface area contributed by atoms with Crippen molar-refractivity contribution in [1.29, 1.82) is 0 Å². The Hall–Kier alpha value is -0.600. The van der Waals surface area contributed by atoms with Crippen LogP contribution >= 0.6 is 25.3 Å². The highest BCUT2D eigenvalue weighted by atomic mass is 32.1. The van der Waals surface area contributed by atoms with Crippen LogP contribution in [0.15, 0.2) is 28.0 Å². The minimum atomic E-state index is 1.02. The zero-order valence-corrected chi connectivity index (χ0v) is 11.6. The second-order valence-corrected chi connectivity index (χ2v) is 5.21. The van der Waals surface area contributed by atoms with Gasteiger partial charge in [0.05, 0.1) is 0 Å². The van der Waals surface area contributed by atoms with E-state index in [4.69, 9.17) is 0 Å². The molecule has 0 spiro atoms. The van der Waals surface area contributed by atoms with Gasteiger partial charge in [-0.3, -0.25) is 0 Å². The van der Waals surface area contributed by atoms with Crippen LogP contribution in [0.1, 0.15) is 23.6 Å². The molecule has 0 bridgehead atoms. The molecule has 0 radical (unpaired) electrons. The summed E-state index contributed by atoms with van der Waals surface area (Å²) in [6, 6.07) is 6.38. The Morgan fingerprint density at radius 2 is 1.75 bits per heavy atom. The van der Waals surface area contributed by atoms with Crippen LogP contribution < -0.4 is 0 Å². The summed E-state index contributed by atoms with van der Waals surface area (Å²) in [4.78, 5) is 2.09. The van der Waals surface area contributed by atoms with Crippen molar-refractivity contribution >= 4 is 36.0 Å². The molecule has 2 aromatic carbocycles. The van der Waals surface area contributed by atoms with Crippen LogP contribution in [0.5, 0.6) is 0 Å². The largest absolute Gasteiger partial charge is 0.143 e. The molecule has 0 aliphatic rings. The van der Waals surface area contributed by atoms with Crippen LogP contribution in [0.4, 0.5) is 0 Å². The van der Waals surface area contributed by atoms with E-state index in [1.807, 2.05) is 0 Å². The predicted octanol–water partition coefficient (Wildman–Crippen LogP) is 4.60. The third-order valence-electron chi connectivity index (χ3n) is 3.14. The van der Waals surface area contributed by atoms with Gasteiger partial charge < -0.3 is 0 Å². The van der Waals surface area contributed by atoms with Crippen LogP contribution in [0.3, 0.4) is 0 Å². The van der Waals surface area contributed by atoms with Crippen LogP contribution in [-0.4, -0.2) is 0 Å². The fourth-order valence-electron chi connectivity index (χ4n) is 2.36. The topological polar surface area (TPSA) is 0 Å². The summed E-state index contributed by atoms with van der Waals surface area (Å²) in [5, 5.41) is 2.62. The van der Waals surface area contributed by atoms with E-state index in [-0.39, 0.29) is 0 Å². The molecule has 0 aliphatic heterocycles. The molecule has 0 aromatic heterocycles. The van der Waals surface area contributed by atoms with E-state index in [0.717, 1.165) is 16.2 Å². The molecule has 84 valence electrons. The third-order valence-corrected chi connectivity index (χ3v) is 3.86. The normalized spacial score (nSPS) is 11.1. The Morgan fingerprint density at radius 3 is 2.38 bits per heavy atom. The number of benzene rings is 2. The molecule has 16 heavy (non-hydrogen) atoms. The molecule has 0 heterocycles. The molecule has 2 rings (SSSR count). The van der Waals surface area contributed by atoms with E-state index in [1.165, 1.54) is 27.5 Å². The van der Waals surface area contributed by atoms with Gasteiger partial charge in [0.1, 0.15) is 0 Å². The first-order valence-electron chi connectivity index (χ1n) is 5.49. The van der Waals surface area contributed by atoms with Gasteiger partial charge in [-0.2, -0.15) is 0 Å². The molecule has 0 aliphatic carbocycles. The zero-order chi connectivity index (χ0) is 11.9. The fourth-order valence-corrected chi connectivity index (χ4v) is 2.97. The molecule has 2 aromatic rings. The average Bonchev–Trinajstić information content (AvgIpc) is 2.20. The average molecular weight is 248 g/mol. The van der Waals surface area contributed by atoms with E-state index in [1.54, 1.807) is 0 Å². The summed E-state index contributed by atoms with van der Waals surface area (Å²) in [5.74, 6) is 0. The standard InChI is InChI=1S/C14H16S2/c1-4-12-9(3)13(16)7-10-6-11(15)5-8(2)14(10)12/h5-7,15-16H,4H2,1-3H3. The van der Waals surface area contributed by atoms with Gasteiger partial charge in [0.25, 0.3) is 0 Å². The molecule has 0 fully saturated rings. The van der Waals surface area contributed by atoms with Gasteiger partial charge in [-0.15, -0.1) is 25.3 Å². The molecule has 0 atom stereocenters. The van der Waals surface area contributed by atoms with Crippen molar-refractivity contribution in [3.05, 3.63) is 34.9 Å². The predicted molar refractivity (Wildman–Crippen MR) is 77.3 cm³/mol. The molecule has 0 saturated heterocycles. The van der Waals surface area contributed by atoms with Crippen molar-refractivity contribution in [3.8, 4) is 0 Å². The lowest BCUT2D eigenvalue weighted by atomic mass is 9.94. The van der Waals surface area contributed by atoms with E-state index >= 15 is 0 Å². The Labute approximate surface area is 108 Å². The minimum absolute atomic E-state index is 1.02. The molecule has 0 nitrogen and oxygen atoms in total. The molecule has 0 N–H and O–H groups in total. The van der Waals surface area contributed by atoms with Gasteiger partial charge >= 0.3 is 0 Å². The SMILES string of the molecule is CCc1c(C)c(S)cc2cc(S)cc(C)c12. The Kier molecular flexibility index (Phi) is 3.22. The first kappa shape index (κ1) is 11.9. The van der Waals surface area contributed by atoms with Crippen molar-refractivity contribution in [3.63, 3.8) is 0 Å². The minimum Gasteiger partial charge on any atom is -0.143 e. The molecular weight excluding hydrogens is 232 g/mol. The number of aryl methyl sites for hydroxylation is 2. The molecular formula is C14H16S2. The van der Waals surface area contributed by atoms with Gasteiger partial charge in [-0.25, -0.2) is 0 Å². The maximum Gasteiger partial charge on any atom is 0.00783 e. The summed E-state index contributed by atoms with van der Waals surface area (Å²) in [6.07, 6.45) is 1.05. The van der Waals surface area contributed by atoms with Gasteiger partial charge in [-0.1, -0.05) is 6.92 Å². The number of fused-ring (bicyclic) bond motifs is 1. The van der Waals surface area contributed by atoms with E-state index in [0.29, 0.717) is 0 Å². The van der Waals surface area contributed by atoms with Gasteiger partial charge in [-0.05, 0) is 65.9 Å². The third kappa shape index (κ3) is 1.85. The number of thiol groups is 2. The van der Waals surface area contributed by atoms with Gasteiger partial charge in [0, 0.05) is 9.79 Å². The molecule has 0 unspecified atom stereocenters. The fraction of sp³-hybridized carbons (Fsp3) is 0.286. The van der Waals surface area contributed by atoms with Gasteiger partial charge in [0.15, 0.2) is 0 Å². The monoisotopic (exact) mass is 248 g/mol. The van der Waals surface area contributed by atoms with Crippen molar-refractivity contribution in [2.45, 2.75) is 37.0 Å². The van der Waals surface area contributed by atoms with Crippen molar-refractivity contribution in [1.82, 2.24) is 0 Å². The summed E-state index contributed by atoms with van der Waals surface area (Å²) in [5.41, 5.74) is 4.01. The quantitative estimate of drug-likeness (QED) is 0.677. The van der Waals surface area contributed by atoms with Crippen LogP contribution in [-0.2, 0) is 6.42 Å². The Bertz CT molecular complexity index is 556. The lowest BCUT2D eigenvalue weighted by Gasteiger charge is -2.14. The summed E-state index contributed by atoms with van der Waals surface area (Å²) in [7, 11) is 0. The maximum absolute atomic E-state index is 4.54. The van der Waals surface area contributed by atoms with Crippen LogP contribution in [0.25, 0.3) is 10.8 Å². The number of hydrogen-bond acceptors (Lipinski definition) is 2. The van der Waals surface area contributed by atoms with Crippen molar-refractivity contribution < 1.29 is 0 Å². The zero-order valence-electron chi connectivity index (χ0n) is 9.83. The Balaban J connectivity index is 2.96. The first-order valence-corrected chi connectivity index (χ1v) is 6.38. The highest BCUT2D eigenvalue weighted by Crippen LogP contribution is 2.32. The molecule has 0 saturated carbocycles. The first-order chi connectivity index (χ1) is 7.54. The highest BCUT2D eigenvalue weighted by Gasteiger charge is 2.09. The van der Waals surface area contributed by atoms with E-state index in [2.05, 4.69) is 64.2 Å². The summed E-state index contributed by atoms with van der Waals surface area (Å²) in [6.45, 7) is 6.50. The Morgan fingerprint density at radius 1 is 1.06 bits per heavy atom. The van der Waals surface area contributed by atoms with E-state index < -0.39 is 0 Å². The van der Waals surface area contributed by atoms with E-state index in [9.17, 15) is 0 Å². The maximum atomic E-state index is 4.54. The second kappa shape index (κ2) is 4.34. The second-order valence-electron chi connectivity index (χ2n) is 4.21. The molecule has 0 amide bonds. The smallest absolute Gasteiger partial charge is 0.00783 e.